The van der Waals surface area contributed by atoms with Gasteiger partial charge in [0.05, 0.1) is 23.2 Å². The zero-order chi connectivity index (χ0) is 38.1. The van der Waals surface area contributed by atoms with Crippen LogP contribution in [0.5, 0.6) is 0 Å². The molecule has 6 aromatic rings. The maximum atomic E-state index is 15.6. The Bertz CT molecular complexity index is 2440. The number of rotatable bonds is 12. The van der Waals surface area contributed by atoms with Crippen LogP contribution in [0.2, 0.25) is 0 Å². The quantitative estimate of drug-likeness (QED) is 0.120. The molecule has 0 saturated carbocycles. The van der Waals surface area contributed by atoms with E-state index in [4.69, 9.17) is 10.7 Å². The summed E-state index contributed by atoms with van der Waals surface area (Å²) in [7, 11) is 0. The second-order valence-electron chi connectivity index (χ2n) is 13.5. The highest BCUT2D eigenvalue weighted by Crippen LogP contribution is 2.29. The number of nitrogens with one attached hydrogen (secondary N) is 1. The number of anilines is 4. The molecule has 4 N–H and O–H groups in total. The van der Waals surface area contributed by atoms with Gasteiger partial charge in [0, 0.05) is 56.1 Å². The SMILES string of the molecule is CCc1cc(Nc2nc(N)c3ncn(CCCCCN4CCN(c5cc6c(cc5F)c(=O)c(C(=O)O)cn6-c5ccc(F)cc5F)CC4)c3n2)ccc1C. The van der Waals surface area contributed by atoms with Crippen molar-refractivity contribution in [2.45, 2.75) is 46.1 Å². The standard InChI is InChI=1S/C39H40F3N9O3/c1-3-24-17-26(9-7-23(24)2)45-39-46-36(43)34-37(47-39)50(22-44-34)12-6-4-5-11-48-13-15-49(16-14-48)33-20-32-27(19-30(33)42)35(52)28(38(53)54)21-51(32)31-10-8-25(40)18-29(31)41/h7-10,17-22H,3-6,11-16H2,1-2H3,(H,53,54)(H3,43,45,46,47). The fraction of sp³-hybridized carbons (Fsp3) is 0.308. The molecule has 0 aliphatic carbocycles. The fourth-order valence-electron chi connectivity index (χ4n) is 7.06. The number of hydrogen-bond donors (Lipinski definition) is 3. The molecule has 15 heteroatoms. The lowest BCUT2D eigenvalue weighted by Gasteiger charge is -2.36. The minimum Gasteiger partial charge on any atom is -0.477 e. The van der Waals surface area contributed by atoms with E-state index in [0.29, 0.717) is 61.7 Å². The largest absolute Gasteiger partial charge is 0.477 e. The number of pyridine rings is 1. The summed E-state index contributed by atoms with van der Waals surface area (Å²) in [6, 6.07) is 11.4. The average Bonchev–Trinajstić information content (AvgIpc) is 3.56. The molecule has 7 rings (SSSR count). The summed E-state index contributed by atoms with van der Waals surface area (Å²) in [6.07, 6.45) is 6.47. The van der Waals surface area contributed by atoms with Crippen LogP contribution in [-0.2, 0) is 13.0 Å². The molecule has 3 aromatic heterocycles. The van der Waals surface area contributed by atoms with Crippen molar-refractivity contribution in [3.8, 4) is 5.69 Å². The van der Waals surface area contributed by atoms with Crippen LogP contribution in [-0.4, -0.2) is 72.8 Å². The minimum absolute atomic E-state index is 0.110. The molecule has 1 aliphatic rings. The van der Waals surface area contributed by atoms with Crippen LogP contribution >= 0.6 is 0 Å². The number of nitrogens with two attached hydrogens (primary N) is 1. The molecule has 280 valence electrons. The highest BCUT2D eigenvalue weighted by atomic mass is 19.1. The Morgan fingerprint density at radius 3 is 2.43 bits per heavy atom. The predicted octanol–water partition coefficient (Wildman–Crippen LogP) is 6.44. The number of aromatic nitrogens is 5. The maximum absolute atomic E-state index is 15.6. The van der Waals surface area contributed by atoms with E-state index in [1.165, 1.54) is 17.2 Å². The van der Waals surface area contributed by atoms with E-state index in [1.807, 2.05) is 15.5 Å². The lowest BCUT2D eigenvalue weighted by Crippen LogP contribution is -2.47. The van der Waals surface area contributed by atoms with Gasteiger partial charge in [-0.25, -0.2) is 22.9 Å². The van der Waals surface area contributed by atoms with Crippen LogP contribution in [0.3, 0.4) is 0 Å². The number of carbonyl (C=O) groups is 1. The van der Waals surface area contributed by atoms with Crippen molar-refractivity contribution in [2.75, 3.05) is 48.7 Å². The molecule has 0 unspecified atom stereocenters. The van der Waals surface area contributed by atoms with E-state index in [-0.39, 0.29) is 22.3 Å². The first-order chi connectivity index (χ1) is 26.0. The summed E-state index contributed by atoms with van der Waals surface area (Å²) >= 11 is 0. The van der Waals surface area contributed by atoms with E-state index in [2.05, 4.69) is 46.2 Å². The number of nitrogens with zero attached hydrogens (tertiary/aromatic N) is 7. The van der Waals surface area contributed by atoms with Crippen molar-refractivity contribution in [3.63, 3.8) is 0 Å². The highest BCUT2D eigenvalue weighted by Gasteiger charge is 2.24. The van der Waals surface area contributed by atoms with E-state index in [0.717, 1.165) is 66.9 Å². The number of carboxylic acid groups (broad SMARTS) is 1. The van der Waals surface area contributed by atoms with Crippen molar-refractivity contribution in [3.05, 3.63) is 105 Å². The molecule has 0 bridgehead atoms. The van der Waals surface area contributed by atoms with E-state index in [9.17, 15) is 23.5 Å². The van der Waals surface area contributed by atoms with Gasteiger partial charge in [0.15, 0.2) is 11.5 Å². The van der Waals surface area contributed by atoms with Gasteiger partial charge >= 0.3 is 5.97 Å². The van der Waals surface area contributed by atoms with Gasteiger partial charge in [0.1, 0.15) is 28.5 Å². The molecule has 12 nitrogen and oxygen atoms in total. The monoisotopic (exact) mass is 739 g/mol. The molecule has 1 fully saturated rings. The van der Waals surface area contributed by atoms with Crippen molar-refractivity contribution >= 4 is 51.2 Å². The summed E-state index contributed by atoms with van der Waals surface area (Å²) in [4.78, 5) is 42.6. The number of nitrogen functional groups attached to an aromatic ring is 1. The third-order valence-electron chi connectivity index (χ3n) is 10.0. The second kappa shape index (κ2) is 15.2. The zero-order valence-corrected chi connectivity index (χ0v) is 30.0. The Kier molecular flexibility index (Phi) is 10.2. The van der Waals surface area contributed by atoms with Crippen LogP contribution in [0.1, 0.15) is 47.7 Å². The van der Waals surface area contributed by atoms with Crippen LogP contribution in [0.4, 0.5) is 36.3 Å². The van der Waals surface area contributed by atoms with Crippen molar-refractivity contribution in [1.82, 2.24) is 29.0 Å². The van der Waals surface area contributed by atoms with Crippen LogP contribution in [0, 0.1) is 24.4 Å². The Labute approximate surface area is 308 Å². The second-order valence-corrected chi connectivity index (χ2v) is 13.5. The van der Waals surface area contributed by atoms with Crippen molar-refractivity contribution < 1.29 is 23.1 Å². The minimum atomic E-state index is -1.54. The van der Waals surface area contributed by atoms with Gasteiger partial charge in [-0.2, -0.15) is 9.97 Å². The highest BCUT2D eigenvalue weighted by molar-refractivity contribution is 5.94. The van der Waals surface area contributed by atoms with Gasteiger partial charge in [-0.15, -0.1) is 0 Å². The predicted molar refractivity (Wildman–Crippen MR) is 202 cm³/mol. The Morgan fingerprint density at radius 2 is 1.69 bits per heavy atom. The normalized spacial score (nSPS) is 13.6. The molecule has 0 radical (unpaired) electrons. The first-order valence-electron chi connectivity index (χ1n) is 17.9. The molecule has 3 aromatic carbocycles. The fourth-order valence-corrected chi connectivity index (χ4v) is 7.06. The smallest absolute Gasteiger partial charge is 0.341 e. The van der Waals surface area contributed by atoms with Crippen LogP contribution in [0.25, 0.3) is 27.8 Å². The number of hydrogen-bond acceptors (Lipinski definition) is 9. The lowest BCUT2D eigenvalue weighted by molar-refractivity contribution is 0.0695. The average molecular weight is 740 g/mol. The van der Waals surface area contributed by atoms with Gasteiger partial charge in [-0.3, -0.25) is 9.69 Å². The number of unbranched alkanes of at least 4 members (excludes halogenated alkanes) is 2. The topological polar surface area (TPSA) is 147 Å². The molecule has 0 spiro atoms. The Hall–Kier alpha value is -5.96. The Morgan fingerprint density at radius 1 is 0.926 bits per heavy atom. The lowest BCUT2D eigenvalue weighted by atomic mass is 10.1. The summed E-state index contributed by atoms with van der Waals surface area (Å²) in [5.41, 5.74) is 9.46. The first-order valence-corrected chi connectivity index (χ1v) is 17.9. The number of aromatic carboxylic acids is 1. The Balaban J connectivity index is 0.969. The third-order valence-corrected chi connectivity index (χ3v) is 10.0. The number of piperazine rings is 1. The molecule has 54 heavy (non-hydrogen) atoms. The summed E-state index contributed by atoms with van der Waals surface area (Å²) in [5, 5.41) is 12.7. The number of halogens is 3. The van der Waals surface area contributed by atoms with Gasteiger partial charge in [-0.05, 0) is 80.3 Å². The summed E-state index contributed by atoms with van der Waals surface area (Å²) in [6.45, 7) is 8.14. The molecule has 0 atom stereocenters. The molecular formula is C39H40F3N9O3. The van der Waals surface area contributed by atoms with E-state index in [1.54, 1.807) is 6.33 Å². The third kappa shape index (κ3) is 7.31. The van der Waals surface area contributed by atoms with Crippen molar-refractivity contribution in [1.29, 1.82) is 0 Å². The molecular weight excluding hydrogens is 699 g/mol. The van der Waals surface area contributed by atoms with E-state index < -0.39 is 34.4 Å². The van der Waals surface area contributed by atoms with Gasteiger partial charge in [0.25, 0.3) is 0 Å². The number of imidazole rings is 1. The molecule has 1 aliphatic heterocycles. The zero-order valence-electron chi connectivity index (χ0n) is 30.0. The first kappa shape index (κ1) is 36.4. The number of aryl methyl sites for hydroxylation is 3. The number of carboxylic acids is 1. The van der Waals surface area contributed by atoms with Gasteiger partial charge in [0.2, 0.25) is 11.4 Å². The summed E-state index contributed by atoms with van der Waals surface area (Å²) < 4.78 is 47.3. The van der Waals surface area contributed by atoms with Gasteiger partial charge in [-0.1, -0.05) is 19.4 Å². The van der Waals surface area contributed by atoms with E-state index >= 15 is 4.39 Å². The van der Waals surface area contributed by atoms with Crippen LogP contribution in [0.15, 0.2) is 65.8 Å². The molecule has 0 amide bonds. The van der Waals surface area contributed by atoms with Crippen molar-refractivity contribution in [2.24, 2.45) is 0 Å². The van der Waals surface area contributed by atoms with Crippen LogP contribution < -0.4 is 21.4 Å². The maximum Gasteiger partial charge on any atom is 0.341 e. The summed E-state index contributed by atoms with van der Waals surface area (Å²) in [5.74, 6) is -3.28. The van der Waals surface area contributed by atoms with Gasteiger partial charge < -0.3 is 30.2 Å². The molecule has 1 saturated heterocycles. The molecule has 4 heterocycles. The number of benzene rings is 3. The number of fused-ring (bicyclic) bond motifs is 2.